The second-order valence-corrected chi connectivity index (χ2v) is 9.62. The number of fused-ring (bicyclic) bond motifs is 1. The first-order valence-electron chi connectivity index (χ1n) is 10.0. The number of nitrogens with zero attached hydrogens (tertiary/aromatic N) is 3. The van der Waals surface area contributed by atoms with E-state index in [1.165, 1.54) is 12.1 Å². The van der Waals surface area contributed by atoms with Gasteiger partial charge in [0, 0.05) is 31.0 Å². The Balaban J connectivity index is 1.43. The van der Waals surface area contributed by atoms with E-state index in [-0.39, 0.29) is 10.8 Å². The maximum Gasteiger partial charge on any atom is 0.261 e. The van der Waals surface area contributed by atoms with Gasteiger partial charge in [-0.2, -0.15) is 15.5 Å². The normalized spacial score (nSPS) is 14.2. The third-order valence-electron chi connectivity index (χ3n) is 5.40. The molecule has 0 aliphatic carbocycles. The van der Waals surface area contributed by atoms with E-state index in [0.29, 0.717) is 41.5 Å². The van der Waals surface area contributed by atoms with E-state index in [0.717, 1.165) is 11.1 Å². The molecule has 0 fully saturated rings. The number of carbonyl (C=O) groups is 1. The Labute approximate surface area is 185 Å². The lowest BCUT2D eigenvalue weighted by Crippen LogP contribution is -2.24. The summed E-state index contributed by atoms with van der Waals surface area (Å²) in [4.78, 5) is 15.0. The molecule has 2 heterocycles. The molecule has 3 aromatic rings. The number of anilines is 1. The number of sulfonamides is 1. The molecule has 32 heavy (non-hydrogen) atoms. The summed E-state index contributed by atoms with van der Waals surface area (Å²) in [5, 5.41) is 20.5. The fourth-order valence-corrected chi connectivity index (χ4v) is 4.48. The lowest BCUT2D eigenvalue weighted by Gasteiger charge is -2.11. The van der Waals surface area contributed by atoms with Gasteiger partial charge < -0.3 is 10.3 Å². The topological polar surface area (TPSA) is 140 Å². The van der Waals surface area contributed by atoms with Gasteiger partial charge in [0.2, 0.25) is 5.91 Å². The largest absolute Gasteiger partial charge is 0.358 e. The number of aryl methyl sites for hydroxylation is 1. The molecule has 2 aromatic carbocycles. The number of nitrogens with one attached hydrogen (secondary N) is 3. The highest BCUT2D eigenvalue weighted by atomic mass is 32.2. The van der Waals surface area contributed by atoms with E-state index in [1.54, 1.807) is 30.5 Å². The molecule has 0 saturated heterocycles. The average Bonchev–Trinajstić information content (AvgIpc) is 3.34. The number of H-pyrrole nitrogens is 1. The molecule has 1 aromatic heterocycles. The Morgan fingerprint density at radius 1 is 1.19 bits per heavy atom. The van der Waals surface area contributed by atoms with Crippen LogP contribution in [0.15, 0.2) is 57.7 Å². The summed E-state index contributed by atoms with van der Waals surface area (Å²) in [6.07, 6.45) is 2.47. The molecule has 0 unspecified atom stereocenters. The molecule has 0 spiro atoms. The van der Waals surface area contributed by atoms with Gasteiger partial charge in [-0.15, -0.1) is 0 Å². The zero-order valence-corrected chi connectivity index (χ0v) is 18.5. The molecule has 3 N–H and O–H groups in total. The molecule has 0 radical (unpaired) electrons. The minimum absolute atomic E-state index is 0.0956. The van der Waals surface area contributed by atoms with E-state index in [1.807, 2.05) is 13.8 Å². The molecule has 0 bridgehead atoms. The van der Waals surface area contributed by atoms with Crippen molar-refractivity contribution in [2.24, 2.45) is 10.2 Å². The highest BCUT2D eigenvalue weighted by molar-refractivity contribution is 7.92. The fourth-order valence-electron chi connectivity index (χ4n) is 3.41. The third kappa shape index (κ3) is 4.48. The zero-order valence-electron chi connectivity index (χ0n) is 17.6. The minimum atomic E-state index is -3.84. The molecule has 10 heteroatoms. The minimum Gasteiger partial charge on any atom is -0.358 e. The molecule has 0 saturated carbocycles. The van der Waals surface area contributed by atoms with Crippen LogP contribution in [0.5, 0.6) is 0 Å². The van der Waals surface area contributed by atoms with Gasteiger partial charge in [0.15, 0.2) is 5.66 Å². The predicted molar refractivity (Wildman–Crippen MR) is 119 cm³/mol. The van der Waals surface area contributed by atoms with Gasteiger partial charge in [0.25, 0.3) is 10.0 Å². The van der Waals surface area contributed by atoms with Crippen LogP contribution >= 0.6 is 0 Å². The fraction of sp³-hybridized carbons (Fsp3) is 0.273. The summed E-state index contributed by atoms with van der Waals surface area (Å²) in [5.41, 5.74) is 2.64. The summed E-state index contributed by atoms with van der Waals surface area (Å²) in [5.74, 6) is -0.104. The lowest BCUT2D eigenvalue weighted by atomic mass is 10.1. The van der Waals surface area contributed by atoms with Gasteiger partial charge in [-0.3, -0.25) is 9.52 Å². The molecule has 9 nitrogen and oxygen atoms in total. The van der Waals surface area contributed by atoms with Crippen LogP contribution in [0.4, 0.5) is 5.69 Å². The van der Waals surface area contributed by atoms with Crippen LogP contribution in [-0.2, 0) is 21.4 Å². The quantitative estimate of drug-likeness (QED) is 0.481. The van der Waals surface area contributed by atoms with Gasteiger partial charge in [-0.25, -0.2) is 8.42 Å². The molecule has 1 aliphatic heterocycles. The highest BCUT2D eigenvalue weighted by Crippen LogP contribution is 2.32. The van der Waals surface area contributed by atoms with Crippen LogP contribution in [0.3, 0.4) is 0 Å². The van der Waals surface area contributed by atoms with Crippen molar-refractivity contribution in [3.8, 4) is 6.07 Å². The molecule has 0 atom stereocenters. The van der Waals surface area contributed by atoms with Crippen LogP contribution < -0.4 is 10.0 Å². The van der Waals surface area contributed by atoms with Gasteiger partial charge in [-0.05, 0) is 43.2 Å². The number of aromatic nitrogens is 1. The standard InChI is InChI=1S/C22H22N6O3S/c1-14-3-8-18(21-20(14)16(11-23)13-25-21)26-32(30,31)17-6-4-15(5-7-17)12-24-19(29)9-10-22(2)27-28-22/h3-8,13,25-26H,9-10,12H2,1-2H3,(H,24,29). The SMILES string of the molecule is Cc1ccc(NS(=O)(=O)c2ccc(CNC(=O)CCC3(C)N=N3)cc2)c2[nH]cc(C#N)c12. The first-order chi connectivity index (χ1) is 15.2. The lowest BCUT2D eigenvalue weighted by molar-refractivity contribution is -0.121. The molecule has 1 amide bonds. The van der Waals surface area contributed by atoms with Gasteiger partial charge in [0.05, 0.1) is 21.7 Å². The highest BCUT2D eigenvalue weighted by Gasteiger charge is 2.33. The predicted octanol–water partition coefficient (Wildman–Crippen LogP) is 3.73. The summed E-state index contributed by atoms with van der Waals surface area (Å²) >= 11 is 0. The van der Waals surface area contributed by atoms with Crippen molar-refractivity contribution in [2.75, 3.05) is 4.72 Å². The van der Waals surface area contributed by atoms with Crippen LogP contribution in [0, 0.1) is 18.3 Å². The Kier molecular flexibility index (Phi) is 5.44. The zero-order chi connectivity index (χ0) is 22.9. The summed E-state index contributed by atoms with van der Waals surface area (Å²) < 4.78 is 28.4. The number of benzene rings is 2. The summed E-state index contributed by atoms with van der Waals surface area (Å²) in [6.45, 7) is 4.03. The van der Waals surface area contributed by atoms with E-state index in [9.17, 15) is 18.5 Å². The van der Waals surface area contributed by atoms with Crippen LogP contribution in [-0.4, -0.2) is 25.0 Å². The summed E-state index contributed by atoms with van der Waals surface area (Å²) in [6, 6.07) is 11.9. The van der Waals surface area contributed by atoms with Crippen molar-refractivity contribution < 1.29 is 13.2 Å². The number of rotatable bonds is 8. The second kappa shape index (κ2) is 8.09. The van der Waals surface area contributed by atoms with E-state index in [4.69, 9.17) is 0 Å². The number of nitriles is 1. The Bertz CT molecular complexity index is 1360. The molecule has 164 valence electrons. The molecular formula is C22H22N6O3S. The van der Waals surface area contributed by atoms with Crippen molar-refractivity contribution in [1.29, 1.82) is 5.26 Å². The van der Waals surface area contributed by atoms with E-state index >= 15 is 0 Å². The van der Waals surface area contributed by atoms with Gasteiger partial charge in [-0.1, -0.05) is 18.2 Å². The van der Waals surface area contributed by atoms with Gasteiger partial charge >= 0.3 is 0 Å². The number of carbonyl (C=O) groups excluding carboxylic acids is 1. The van der Waals surface area contributed by atoms with E-state index in [2.05, 4.69) is 31.3 Å². The Morgan fingerprint density at radius 2 is 1.91 bits per heavy atom. The average molecular weight is 451 g/mol. The van der Waals surface area contributed by atoms with Crippen molar-refractivity contribution in [2.45, 2.75) is 43.8 Å². The first-order valence-corrected chi connectivity index (χ1v) is 11.5. The van der Waals surface area contributed by atoms with Gasteiger partial charge in [0.1, 0.15) is 6.07 Å². The van der Waals surface area contributed by atoms with Crippen molar-refractivity contribution >= 4 is 32.5 Å². The van der Waals surface area contributed by atoms with Crippen LogP contribution in [0.2, 0.25) is 0 Å². The maximum absolute atomic E-state index is 12.9. The molecular weight excluding hydrogens is 428 g/mol. The number of amides is 1. The smallest absolute Gasteiger partial charge is 0.261 e. The van der Waals surface area contributed by atoms with Crippen LogP contribution in [0.25, 0.3) is 10.9 Å². The Hall–Kier alpha value is -3.71. The number of hydrogen-bond donors (Lipinski definition) is 3. The number of hydrogen-bond acceptors (Lipinski definition) is 6. The van der Waals surface area contributed by atoms with Crippen molar-refractivity contribution in [3.05, 3.63) is 59.3 Å². The van der Waals surface area contributed by atoms with Crippen molar-refractivity contribution in [3.63, 3.8) is 0 Å². The van der Waals surface area contributed by atoms with Crippen LogP contribution in [0.1, 0.15) is 36.5 Å². The maximum atomic E-state index is 12.9. The molecule has 4 rings (SSSR count). The molecule has 1 aliphatic rings. The number of aromatic amines is 1. The summed E-state index contributed by atoms with van der Waals surface area (Å²) in [7, 11) is -3.84. The van der Waals surface area contributed by atoms with Crippen molar-refractivity contribution in [1.82, 2.24) is 10.3 Å². The third-order valence-corrected chi connectivity index (χ3v) is 6.78. The second-order valence-electron chi connectivity index (χ2n) is 7.94. The van der Waals surface area contributed by atoms with E-state index < -0.39 is 15.7 Å². The Morgan fingerprint density at radius 3 is 2.56 bits per heavy atom. The first kappa shape index (κ1) is 21.5. The monoisotopic (exact) mass is 450 g/mol.